The molecule has 0 heterocycles. The smallest absolute Gasteiger partial charge is 0.328 e. The number of carboxylic acids is 1. The number of aliphatic carboxylic acids is 1. The van der Waals surface area contributed by atoms with Gasteiger partial charge in [0.25, 0.3) is 5.91 Å². The number of nitrogens with one attached hydrogen (secondary N) is 1. The maximum absolute atomic E-state index is 11.5. The van der Waals surface area contributed by atoms with Crippen LogP contribution >= 0.6 is 15.9 Å². The number of ether oxygens (including phenoxy) is 2. The summed E-state index contributed by atoms with van der Waals surface area (Å²) in [6.07, 6.45) is 2.47. The summed E-state index contributed by atoms with van der Waals surface area (Å²) in [7, 11) is 1.55. The Balaban J connectivity index is 2.58. The third kappa shape index (κ3) is 6.92. The van der Waals surface area contributed by atoms with E-state index in [1.54, 1.807) is 25.3 Å². The van der Waals surface area contributed by atoms with Crippen molar-refractivity contribution in [2.45, 2.75) is 0 Å². The fourth-order valence-corrected chi connectivity index (χ4v) is 1.77. The summed E-state index contributed by atoms with van der Waals surface area (Å²) in [6, 6.07) is 5.05. The minimum absolute atomic E-state index is 0.118. The van der Waals surface area contributed by atoms with Crippen molar-refractivity contribution < 1.29 is 24.2 Å². The van der Waals surface area contributed by atoms with Gasteiger partial charge in [0, 0.05) is 24.2 Å². The molecule has 21 heavy (non-hydrogen) atoms. The highest BCUT2D eigenvalue weighted by atomic mass is 79.9. The quantitative estimate of drug-likeness (QED) is 0.546. The van der Waals surface area contributed by atoms with Crippen molar-refractivity contribution in [1.82, 2.24) is 5.32 Å². The van der Waals surface area contributed by atoms with Gasteiger partial charge in [-0.1, -0.05) is 15.9 Å². The second kappa shape index (κ2) is 9.15. The van der Waals surface area contributed by atoms with Crippen molar-refractivity contribution in [2.75, 3.05) is 26.9 Å². The molecule has 1 aromatic rings. The molecule has 0 aliphatic carbocycles. The summed E-state index contributed by atoms with van der Waals surface area (Å²) in [5, 5.41) is 11.2. The van der Waals surface area contributed by atoms with Crippen molar-refractivity contribution in [2.24, 2.45) is 0 Å². The standard InChI is InChI=1S/C14H16BrNO5/c1-20-7-6-16-13(17)9-21-11-3-4-12(15)10(8-11)2-5-14(18)19/h2-5,8H,6-7,9H2,1H3,(H,16,17)(H,18,19)/b5-2+. The van der Waals surface area contributed by atoms with Gasteiger partial charge in [0.05, 0.1) is 6.61 Å². The zero-order valence-electron chi connectivity index (χ0n) is 11.5. The summed E-state index contributed by atoms with van der Waals surface area (Å²) in [4.78, 5) is 22.0. The van der Waals surface area contributed by atoms with Crippen LogP contribution < -0.4 is 10.1 Å². The van der Waals surface area contributed by atoms with Crippen LogP contribution in [0.1, 0.15) is 5.56 Å². The minimum atomic E-state index is -1.04. The number of amides is 1. The molecule has 1 rings (SSSR count). The first kappa shape index (κ1) is 17.2. The van der Waals surface area contributed by atoms with Crippen LogP contribution in [-0.2, 0) is 14.3 Å². The predicted octanol–water partition coefficient (Wildman–Crippen LogP) is 1.69. The molecule has 2 N–H and O–H groups in total. The number of hydrogen-bond donors (Lipinski definition) is 2. The maximum Gasteiger partial charge on any atom is 0.328 e. The van der Waals surface area contributed by atoms with Gasteiger partial charge in [0.15, 0.2) is 6.61 Å². The Hall–Kier alpha value is -1.86. The van der Waals surface area contributed by atoms with Gasteiger partial charge in [-0.3, -0.25) is 4.79 Å². The number of carbonyl (C=O) groups excluding carboxylic acids is 1. The lowest BCUT2D eigenvalue weighted by molar-refractivity contribution is -0.131. The molecule has 0 atom stereocenters. The Kier molecular flexibility index (Phi) is 7.49. The van der Waals surface area contributed by atoms with Crippen molar-refractivity contribution >= 4 is 33.9 Å². The number of carboxylic acid groups (broad SMARTS) is 1. The summed E-state index contributed by atoms with van der Waals surface area (Å²) < 4.78 is 10.9. The van der Waals surface area contributed by atoms with E-state index in [1.165, 1.54) is 6.08 Å². The van der Waals surface area contributed by atoms with E-state index in [1.807, 2.05) is 0 Å². The summed E-state index contributed by atoms with van der Waals surface area (Å²) in [5.74, 6) is -0.812. The molecule has 0 aliphatic heterocycles. The second-order valence-electron chi connectivity index (χ2n) is 3.99. The van der Waals surface area contributed by atoms with Crippen LogP contribution in [0, 0.1) is 0 Å². The lowest BCUT2D eigenvalue weighted by atomic mass is 10.2. The van der Waals surface area contributed by atoms with E-state index in [2.05, 4.69) is 21.2 Å². The average molecular weight is 358 g/mol. The molecule has 0 aliphatic rings. The van der Waals surface area contributed by atoms with Crippen LogP contribution in [0.3, 0.4) is 0 Å². The molecule has 0 aromatic heterocycles. The Morgan fingerprint density at radius 3 is 2.86 bits per heavy atom. The van der Waals surface area contributed by atoms with Crippen molar-refractivity contribution in [3.8, 4) is 5.75 Å². The molecule has 0 unspecified atom stereocenters. The largest absolute Gasteiger partial charge is 0.484 e. The molecule has 114 valence electrons. The molecule has 0 radical (unpaired) electrons. The van der Waals surface area contributed by atoms with E-state index < -0.39 is 5.97 Å². The predicted molar refractivity (Wildman–Crippen MR) is 81.2 cm³/mol. The van der Waals surface area contributed by atoms with Gasteiger partial charge in [-0.2, -0.15) is 0 Å². The number of hydrogen-bond acceptors (Lipinski definition) is 4. The lowest BCUT2D eigenvalue weighted by Crippen LogP contribution is -2.31. The van der Waals surface area contributed by atoms with Gasteiger partial charge >= 0.3 is 5.97 Å². The van der Waals surface area contributed by atoms with E-state index in [0.717, 1.165) is 10.5 Å². The monoisotopic (exact) mass is 357 g/mol. The van der Waals surface area contributed by atoms with Gasteiger partial charge in [-0.05, 0) is 29.8 Å². The Morgan fingerprint density at radius 1 is 1.43 bits per heavy atom. The minimum Gasteiger partial charge on any atom is -0.484 e. The van der Waals surface area contributed by atoms with Crippen molar-refractivity contribution in [3.05, 3.63) is 34.3 Å². The number of halogens is 1. The van der Waals surface area contributed by atoms with Crippen molar-refractivity contribution in [3.63, 3.8) is 0 Å². The number of benzene rings is 1. The van der Waals surface area contributed by atoms with E-state index in [0.29, 0.717) is 24.5 Å². The fraction of sp³-hybridized carbons (Fsp3) is 0.286. The second-order valence-corrected chi connectivity index (χ2v) is 4.84. The zero-order chi connectivity index (χ0) is 15.7. The Bertz CT molecular complexity index is 530. The summed E-state index contributed by atoms with van der Waals surface area (Å²) in [6.45, 7) is 0.743. The van der Waals surface area contributed by atoms with Crippen LogP contribution in [0.2, 0.25) is 0 Å². The Morgan fingerprint density at radius 2 is 2.19 bits per heavy atom. The Labute approximate surface area is 130 Å². The molecule has 6 nitrogen and oxygen atoms in total. The van der Waals surface area contributed by atoms with E-state index in [-0.39, 0.29) is 12.5 Å². The molecule has 0 saturated heterocycles. The van der Waals surface area contributed by atoms with Crippen molar-refractivity contribution in [1.29, 1.82) is 0 Å². The number of rotatable bonds is 8. The molecule has 0 fully saturated rings. The molecular weight excluding hydrogens is 342 g/mol. The van der Waals surface area contributed by atoms with E-state index in [9.17, 15) is 9.59 Å². The normalized spacial score (nSPS) is 10.6. The van der Waals surface area contributed by atoms with E-state index >= 15 is 0 Å². The van der Waals surface area contributed by atoms with Gasteiger partial charge in [0.1, 0.15) is 5.75 Å². The van der Waals surface area contributed by atoms with Crippen LogP contribution in [-0.4, -0.2) is 43.9 Å². The molecule has 1 aromatic carbocycles. The van der Waals surface area contributed by atoms with Gasteiger partial charge in [-0.15, -0.1) is 0 Å². The molecule has 0 spiro atoms. The van der Waals surface area contributed by atoms with E-state index in [4.69, 9.17) is 14.6 Å². The molecule has 1 amide bonds. The maximum atomic E-state index is 11.5. The first-order valence-corrected chi connectivity index (χ1v) is 6.91. The first-order valence-electron chi connectivity index (χ1n) is 6.12. The average Bonchev–Trinajstić information content (AvgIpc) is 2.45. The first-order chi connectivity index (χ1) is 10.0. The van der Waals surface area contributed by atoms with Gasteiger partial charge < -0.3 is 19.9 Å². The third-order valence-electron chi connectivity index (χ3n) is 2.37. The van der Waals surface area contributed by atoms with Crippen LogP contribution in [0.4, 0.5) is 0 Å². The van der Waals surface area contributed by atoms with Crippen LogP contribution in [0.15, 0.2) is 28.7 Å². The van der Waals surface area contributed by atoms with Gasteiger partial charge in [-0.25, -0.2) is 4.79 Å². The topological polar surface area (TPSA) is 84.9 Å². The SMILES string of the molecule is COCCNC(=O)COc1ccc(Br)c(/C=C/C(=O)O)c1. The van der Waals surface area contributed by atoms with Crippen LogP contribution in [0.25, 0.3) is 6.08 Å². The molecule has 7 heteroatoms. The van der Waals surface area contributed by atoms with Gasteiger partial charge in [0.2, 0.25) is 0 Å². The molecule has 0 saturated carbocycles. The summed E-state index contributed by atoms with van der Waals surface area (Å²) in [5.41, 5.74) is 0.648. The third-order valence-corrected chi connectivity index (χ3v) is 3.09. The highest BCUT2D eigenvalue weighted by Crippen LogP contribution is 2.23. The highest BCUT2D eigenvalue weighted by molar-refractivity contribution is 9.10. The highest BCUT2D eigenvalue weighted by Gasteiger charge is 2.04. The fourth-order valence-electron chi connectivity index (χ4n) is 1.39. The summed E-state index contributed by atoms with van der Waals surface area (Å²) >= 11 is 3.31. The van der Waals surface area contributed by atoms with Crippen LogP contribution in [0.5, 0.6) is 5.75 Å². The number of carbonyl (C=O) groups is 2. The zero-order valence-corrected chi connectivity index (χ0v) is 13.1. The molecule has 0 bridgehead atoms. The lowest BCUT2D eigenvalue weighted by Gasteiger charge is -2.08. The molecular formula is C14H16BrNO5. The number of methoxy groups -OCH3 is 1.